The van der Waals surface area contributed by atoms with Gasteiger partial charge in [0, 0.05) is 34.6 Å². The van der Waals surface area contributed by atoms with Crippen LogP contribution in [0.15, 0.2) is 27.1 Å². The molecule has 1 aromatic carbocycles. The first-order valence-electron chi connectivity index (χ1n) is 5.93. The highest BCUT2D eigenvalue weighted by Crippen LogP contribution is 2.23. The van der Waals surface area contributed by atoms with Gasteiger partial charge in [-0.05, 0) is 48.1 Å². The minimum Gasteiger partial charge on any atom is -0.336 e. The summed E-state index contributed by atoms with van der Waals surface area (Å²) in [7, 11) is 2.10. The molecule has 0 bridgehead atoms. The van der Waals surface area contributed by atoms with E-state index < -0.39 is 0 Å². The van der Waals surface area contributed by atoms with Crippen molar-refractivity contribution in [2.24, 2.45) is 0 Å². The smallest absolute Gasteiger partial charge is 0.255 e. The molecule has 3 nitrogen and oxygen atoms in total. The molecule has 0 aliphatic carbocycles. The summed E-state index contributed by atoms with van der Waals surface area (Å²) in [5.74, 6) is 0.100. The van der Waals surface area contributed by atoms with Gasteiger partial charge >= 0.3 is 0 Å². The lowest BCUT2D eigenvalue weighted by Crippen LogP contribution is -2.52. The molecular weight excluding hydrogens is 360 g/mol. The molecule has 1 saturated heterocycles. The van der Waals surface area contributed by atoms with E-state index in [0.717, 1.165) is 34.1 Å². The summed E-state index contributed by atoms with van der Waals surface area (Å²) in [5.41, 5.74) is 0.723. The van der Waals surface area contributed by atoms with Crippen LogP contribution in [0.25, 0.3) is 0 Å². The number of hydrogen-bond acceptors (Lipinski definition) is 2. The predicted molar refractivity (Wildman–Crippen MR) is 79.8 cm³/mol. The minimum atomic E-state index is 0.100. The largest absolute Gasteiger partial charge is 0.336 e. The number of rotatable bonds is 1. The van der Waals surface area contributed by atoms with Crippen LogP contribution in [0.5, 0.6) is 0 Å². The molecule has 0 saturated carbocycles. The van der Waals surface area contributed by atoms with Crippen molar-refractivity contribution in [3.05, 3.63) is 32.7 Å². The Morgan fingerprint density at radius 3 is 2.72 bits per heavy atom. The molecule has 2 rings (SSSR count). The van der Waals surface area contributed by atoms with Gasteiger partial charge in [-0.25, -0.2) is 0 Å². The van der Waals surface area contributed by atoms with Crippen molar-refractivity contribution in [2.45, 2.75) is 13.0 Å². The fourth-order valence-corrected chi connectivity index (χ4v) is 2.84. The molecule has 0 aromatic heterocycles. The van der Waals surface area contributed by atoms with Crippen LogP contribution >= 0.6 is 31.9 Å². The molecule has 0 spiro atoms. The van der Waals surface area contributed by atoms with Crippen LogP contribution in [0.4, 0.5) is 0 Å². The van der Waals surface area contributed by atoms with Crippen LogP contribution in [0.1, 0.15) is 17.3 Å². The summed E-state index contributed by atoms with van der Waals surface area (Å²) in [6.07, 6.45) is 0. The second-order valence-corrected chi connectivity index (χ2v) is 6.47. The van der Waals surface area contributed by atoms with E-state index in [-0.39, 0.29) is 5.91 Å². The van der Waals surface area contributed by atoms with Gasteiger partial charge in [0.25, 0.3) is 5.91 Å². The van der Waals surface area contributed by atoms with E-state index in [1.807, 2.05) is 23.1 Å². The van der Waals surface area contributed by atoms with E-state index in [2.05, 4.69) is 50.7 Å². The second-order valence-electron chi connectivity index (χ2n) is 4.70. The Balaban J connectivity index is 2.19. The van der Waals surface area contributed by atoms with Crippen LogP contribution in [0.3, 0.4) is 0 Å². The molecule has 1 atom stereocenters. The Kier molecular flexibility index (Phi) is 4.45. The second kappa shape index (κ2) is 5.72. The maximum absolute atomic E-state index is 12.5. The standard InChI is InChI=1S/C13H16Br2N2O/c1-9-8-17(6-5-16(9)2)13(18)11-7-10(14)3-4-12(11)15/h3-4,7,9H,5-6,8H2,1-2H3. The van der Waals surface area contributed by atoms with Gasteiger partial charge < -0.3 is 9.80 Å². The molecule has 1 aromatic rings. The lowest BCUT2D eigenvalue weighted by atomic mass is 10.1. The van der Waals surface area contributed by atoms with E-state index in [4.69, 9.17) is 0 Å². The number of nitrogens with zero attached hydrogens (tertiary/aromatic N) is 2. The van der Waals surface area contributed by atoms with Crippen molar-refractivity contribution >= 4 is 37.8 Å². The third-order valence-electron chi connectivity index (χ3n) is 3.41. The van der Waals surface area contributed by atoms with Gasteiger partial charge in [0.1, 0.15) is 0 Å². The van der Waals surface area contributed by atoms with Crippen LogP contribution in [0.2, 0.25) is 0 Å². The average Bonchev–Trinajstić information content (AvgIpc) is 2.35. The van der Waals surface area contributed by atoms with E-state index in [0.29, 0.717) is 6.04 Å². The number of carbonyl (C=O) groups is 1. The number of carbonyl (C=O) groups excluding carboxylic acids is 1. The number of benzene rings is 1. The maximum Gasteiger partial charge on any atom is 0.255 e. The minimum absolute atomic E-state index is 0.100. The lowest BCUT2D eigenvalue weighted by molar-refractivity contribution is 0.0571. The van der Waals surface area contributed by atoms with Gasteiger partial charge in [0.2, 0.25) is 0 Å². The summed E-state index contributed by atoms with van der Waals surface area (Å²) in [6.45, 7) is 4.65. The number of hydrogen-bond donors (Lipinski definition) is 0. The Bertz CT molecular complexity index is 464. The topological polar surface area (TPSA) is 23.6 Å². The molecule has 1 aliphatic heterocycles. The van der Waals surface area contributed by atoms with Crippen LogP contribution in [0, 0.1) is 0 Å². The molecule has 1 amide bonds. The summed E-state index contributed by atoms with van der Waals surface area (Å²) in [6, 6.07) is 6.10. The van der Waals surface area contributed by atoms with E-state index in [9.17, 15) is 4.79 Å². The molecule has 1 unspecified atom stereocenters. The highest BCUT2D eigenvalue weighted by Gasteiger charge is 2.26. The van der Waals surface area contributed by atoms with Crippen molar-refractivity contribution in [3.8, 4) is 0 Å². The SMILES string of the molecule is CC1CN(C(=O)c2cc(Br)ccc2Br)CCN1C. The van der Waals surface area contributed by atoms with Gasteiger partial charge in [-0.2, -0.15) is 0 Å². The van der Waals surface area contributed by atoms with E-state index in [1.54, 1.807) is 0 Å². The average molecular weight is 376 g/mol. The number of piperazine rings is 1. The molecule has 5 heteroatoms. The van der Waals surface area contributed by atoms with Crippen LogP contribution < -0.4 is 0 Å². The monoisotopic (exact) mass is 374 g/mol. The first-order valence-corrected chi connectivity index (χ1v) is 7.52. The van der Waals surface area contributed by atoms with Gasteiger partial charge in [0.05, 0.1) is 5.56 Å². The summed E-state index contributed by atoms with van der Waals surface area (Å²) in [5, 5.41) is 0. The number of halogens is 2. The zero-order valence-corrected chi connectivity index (χ0v) is 13.7. The van der Waals surface area contributed by atoms with Crippen molar-refractivity contribution in [1.29, 1.82) is 0 Å². The molecule has 1 aliphatic rings. The Labute approximate surface area is 124 Å². The Morgan fingerprint density at radius 1 is 1.33 bits per heavy atom. The summed E-state index contributed by atoms with van der Waals surface area (Å²) >= 11 is 6.86. The van der Waals surface area contributed by atoms with Crippen molar-refractivity contribution in [3.63, 3.8) is 0 Å². The first-order chi connectivity index (χ1) is 8.49. The molecule has 18 heavy (non-hydrogen) atoms. The van der Waals surface area contributed by atoms with Crippen molar-refractivity contribution in [1.82, 2.24) is 9.80 Å². The summed E-state index contributed by atoms with van der Waals surface area (Å²) < 4.78 is 1.78. The van der Waals surface area contributed by atoms with Gasteiger partial charge in [0.15, 0.2) is 0 Å². The third-order valence-corrected chi connectivity index (χ3v) is 4.59. The van der Waals surface area contributed by atoms with Gasteiger partial charge in [-0.3, -0.25) is 4.79 Å². The fourth-order valence-electron chi connectivity index (χ4n) is 2.06. The Hall–Kier alpha value is -0.390. The van der Waals surface area contributed by atoms with Crippen molar-refractivity contribution < 1.29 is 4.79 Å². The Morgan fingerprint density at radius 2 is 2.06 bits per heavy atom. The summed E-state index contributed by atoms with van der Waals surface area (Å²) in [4.78, 5) is 16.7. The molecular formula is C13H16Br2N2O. The highest BCUT2D eigenvalue weighted by atomic mass is 79.9. The quantitative estimate of drug-likeness (QED) is 0.753. The normalized spacial score (nSPS) is 21.1. The highest BCUT2D eigenvalue weighted by molar-refractivity contribution is 9.11. The maximum atomic E-state index is 12.5. The van der Waals surface area contributed by atoms with Crippen molar-refractivity contribution in [2.75, 3.05) is 26.7 Å². The zero-order chi connectivity index (χ0) is 13.3. The van der Waals surface area contributed by atoms with Crippen LogP contribution in [-0.2, 0) is 0 Å². The predicted octanol–water partition coefficient (Wildman–Crippen LogP) is 2.99. The van der Waals surface area contributed by atoms with E-state index >= 15 is 0 Å². The molecule has 1 fully saturated rings. The zero-order valence-electron chi connectivity index (χ0n) is 10.5. The lowest BCUT2D eigenvalue weighted by Gasteiger charge is -2.37. The molecule has 98 valence electrons. The number of amides is 1. The molecule has 1 heterocycles. The fraction of sp³-hybridized carbons (Fsp3) is 0.462. The van der Waals surface area contributed by atoms with Gasteiger partial charge in [-0.1, -0.05) is 15.9 Å². The third kappa shape index (κ3) is 2.95. The molecule has 0 radical (unpaired) electrons. The van der Waals surface area contributed by atoms with E-state index in [1.165, 1.54) is 0 Å². The molecule has 0 N–H and O–H groups in total. The van der Waals surface area contributed by atoms with Gasteiger partial charge in [-0.15, -0.1) is 0 Å². The van der Waals surface area contributed by atoms with Crippen LogP contribution in [-0.4, -0.2) is 48.4 Å². The first kappa shape index (κ1) is 14.0. The number of likely N-dealkylation sites (N-methyl/N-ethyl adjacent to an activating group) is 1.